The molecule has 2 unspecified atom stereocenters. The number of benzene rings is 6. The Balaban J connectivity index is 0.952. The molecule has 0 nitrogen and oxygen atoms in total. The minimum Gasteiger partial charge on any atom is -0.134 e. The number of rotatable bonds is 18. The molecule has 0 saturated carbocycles. The van der Waals surface area contributed by atoms with Crippen molar-refractivity contribution in [1.29, 1.82) is 0 Å². The summed E-state index contributed by atoms with van der Waals surface area (Å²) in [6.07, 6.45) is 13.1. The zero-order valence-electron chi connectivity index (χ0n) is 35.4. The van der Waals surface area contributed by atoms with Gasteiger partial charge in [0.05, 0.1) is 9.40 Å². The predicted octanol–water partition coefficient (Wildman–Crippen LogP) is 18.7. The van der Waals surface area contributed by atoms with Crippen LogP contribution in [0.2, 0.25) is 0 Å². The number of thiophene rings is 2. The van der Waals surface area contributed by atoms with E-state index in [0.29, 0.717) is 0 Å². The monoisotopic (exact) mass is 836 g/mol. The Morgan fingerprint density at radius 1 is 0.414 bits per heavy atom. The van der Waals surface area contributed by atoms with E-state index in [-0.39, 0.29) is 0 Å². The fourth-order valence-electron chi connectivity index (χ4n) is 8.57. The summed E-state index contributed by atoms with van der Waals surface area (Å²) in [5, 5.41) is 8.21. The molecule has 0 saturated heterocycles. The van der Waals surface area contributed by atoms with Crippen molar-refractivity contribution in [3.8, 4) is 0 Å². The first kappa shape index (κ1) is 41.5. The van der Waals surface area contributed by atoms with Crippen molar-refractivity contribution in [2.24, 2.45) is 23.7 Å². The normalized spacial score (nSPS) is 13.3. The first-order valence-electron chi connectivity index (χ1n) is 21.9. The minimum absolute atomic E-state index is 0.799. The lowest BCUT2D eigenvalue weighted by molar-refractivity contribution is 0.437. The van der Waals surface area contributed by atoms with E-state index < -0.39 is 0 Å². The van der Waals surface area contributed by atoms with Gasteiger partial charge < -0.3 is 0 Å². The molecule has 2 heterocycles. The smallest absolute Gasteiger partial charge is 0.0548 e. The van der Waals surface area contributed by atoms with Crippen molar-refractivity contribution in [3.63, 3.8) is 0 Å². The molecule has 300 valence electrons. The lowest BCUT2D eigenvalue weighted by atomic mass is 9.94. The van der Waals surface area contributed by atoms with Gasteiger partial charge in [0.25, 0.3) is 0 Å². The largest absolute Gasteiger partial charge is 0.134 e. The Morgan fingerprint density at radius 3 is 1.21 bits per heavy atom. The zero-order chi connectivity index (χ0) is 40.2. The second-order valence-electron chi connectivity index (χ2n) is 17.9. The molecule has 0 aliphatic rings. The predicted molar refractivity (Wildman–Crippen MR) is 263 cm³/mol. The molecule has 0 spiro atoms. The Kier molecular flexibility index (Phi) is 13.6. The quantitative estimate of drug-likeness (QED) is 0.0844. The van der Waals surface area contributed by atoms with Crippen LogP contribution in [0, 0.1) is 23.7 Å². The van der Waals surface area contributed by atoms with Crippen LogP contribution >= 0.6 is 46.2 Å². The van der Waals surface area contributed by atoms with Gasteiger partial charge in [-0.1, -0.05) is 152 Å². The summed E-state index contributed by atoms with van der Waals surface area (Å²) in [5.74, 6) is 3.23. The van der Waals surface area contributed by atoms with Gasteiger partial charge in [-0.3, -0.25) is 0 Å². The number of hydrogen-bond donors (Lipinski definition) is 0. The number of fused-ring (bicyclic) bond motifs is 9. The lowest BCUT2D eigenvalue weighted by Crippen LogP contribution is -1.99. The third-order valence-corrected chi connectivity index (χ3v) is 16.6. The van der Waals surface area contributed by atoms with E-state index in [1.54, 1.807) is 0 Å². The Bertz CT molecular complexity index is 2420. The van der Waals surface area contributed by atoms with E-state index in [9.17, 15) is 0 Å². The summed E-state index contributed by atoms with van der Waals surface area (Å²) in [7, 11) is 0. The van der Waals surface area contributed by atoms with E-state index in [1.165, 1.54) is 146 Å². The summed E-state index contributed by atoms with van der Waals surface area (Å²) in [6.45, 7) is 14.2. The standard InChI is InChI=1S/C54H60S4/c1-35(2)9-7-11-37(5)13-15-39-17-23-43(24-18-39)55-45-27-29-47-41(33-45)21-31-49-51(47)53-54(57-49)52-48-30-28-46(34-42(48)22-32-50(52)58-53)56-44-25-19-40(20-26-44)16-14-38(6)12-8-10-36(3)4/h17-38H,7-16H2,1-6H3. The highest BCUT2D eigenvalue weighted by Crippen LogP contribution is 2.49. The van der Waals surface area contributed by atoms with Gasteiger partial charge in [-0.15, -0.1) is 22.7 Å². The molecule has 0 aliphatic carbocycles. The summed E-state index contributed by atoms with van der Waals surface area (Å²) in [5.41, 5.74) is 2.92. The molecule has 2 atom stereocenters. The zero-order valence-corrected chi connectivity index (χ0v) is 38.7. The molecule has 0 fully saturated rings. The van der Waals surface area contributed by atoms with Gasteiger partial charge in [0.2, 0.25) is 0 Å². The van der Waals surface area contributed by atoms with E-state index in [0.717, 1.165) is 23.7 Å². The summed E-state index contributed by atoms with van der Waals surface area (Å²) in [6, 6.07) is 42.2. The fraction of sp³-hybridized carbons (Fsp3) is 0.370. The minimum atomic E-state index is 0.799. The lowest BCUT2D eigenvalue weighted by Gasteiger charge is -2.12. The summed E-state index contributed by atoms with van der Waals surface area (Å²) < 4.78 is 5.63. The highest BCUT2D eigenvalue weighted by atomic mass is 32.2. The number of aryl methyl sites for hydroxylation is 2. The second kappa shape index (κ2) is 19.0. The fourth-order valence-corrected chi connectivity index (χ4v) is 13.1. The van der Waals surface area contributed by atoms with E-state index in [4.69, 9.17) is 0 Å². The topological polar surface area (TPSA) is 0 Å². The molecule has 4 heteroatoms. The second-order valence-corrected chi connectivity index (χ2v) is 22.3. The van der Waals surface area contributed by atoms with Gasteiger partial charge in [0.1, 0.15) is 0 Å². The molecule has 6 aromatic carbocycles. The Labute approximate surface area is 364 Å². The summed E-state index contributed by atoms with van der Waals surface area (Å²) in [4.78, 5) is 5.22. The van der Waals surface area contributed by atoms with Crippen LogP contribution in [0.5, 0.6) is 0 Å². The van der Waals surface area contributed by atoms with Gasteiger partial charge in [0.15, 0.2) is 0 Å². The first-order valence-corrected chi connectivity index (χ1v) is 25.2. The maximum Gasteiger partial charge on any atom is 0.0548 e. The third-order valence-electron chi connectivity index (χ3n) is 12.1. The van der Waals surface area contributed by atoms with Gasteiger partial charge in [-0.05, 0) is 143 Å². The van der Waals surface area contributed by atoms with Crippen LogP contribution in [0.3, 0.4) is 0 Å². The Morgan fingerprint density at radius 2 is 0.810 bits per heavy atom. The van der Waals surface area contributed by atoms with Crippen molar-refractivity contribution in [2.75, 3.05) is 0 Å². The molecule has 8 rings (SSSR count). The van der Waals surface area contributed by atoms with Gasteiger partial charge in [-0.25, -0.2) is 0 Å². The molecule has 8 aromatic rings. The molecular formula is C54H60S4. The van der Waals surface area contributed by atoms with Crippen LogP contribution in [0.15, 0.2) is 129 Å². The molecule has 0 amide bonds. The summed E-state index contributed by atoms with van der Waals surface area (Å²) >= 11 is 7.68. The van der Waals surface area contributed by atoms with Crippen LogP contribution in [0.25, 0.3) is 51.1 Å². The molecule has 0 bridgehead atoms. The molecule has 0 N–H and O–H groups in total. The Hall–Kier alpha value is -3.28. The van der Waals surface area contributed by atoms with Crippen molar-refractivity contribution >= 4 is 97.3 Å². The van der Waals surface area contributed by atoms with Crippen LogP contribution in [-0.2, 0) is 12.8 Å². The van der Waals surface area contributed by atoms with Gasteiger partial charge in [-0.2, -0.15) is 0 Å². The van der Waals surface area contributed by atoms with E-state index >= 15 is 0 Å². The van der Waals surface area contributed by atoms with Crippen LogP contribution in [0.1, 0.15) is 104 Å². The van der Waals surface area contributed by atoms with Crippen molar-refractivity contribution < 1.29 is 0 Å². The molecule has 0 radical (unpaired) electrons. The average molecular weight is 837 g/mol. The van der Waals surface area contributed by atoms with Crippen molar-refractivity contribution in [1.82, 2.24) is 0 Å². The molecule has 58 heavy (non-hydrogen) atoms. The van der Waals surface area contributed by atoms with Gasteiger partial charge >= 0.3 is 0 Å². The van der Waals surface area contributed by atoms with E-state index in [2.05, 4.69) is 151 Å². The average Bonchev–Trinajstić information content (AvgIpc) is 3.76. The maximum atomic E-state index is 2.43. The highest BCUT2D eigenvalue weighted by Gasteiger charge is 2.17. The highest BCUT2D eigenvalue weighted by molar-refractivity contribution is 7.99. The van der Waals surface area contributed by atoms with Crippen LogP contribution < -0.4 is 0 Å². The number of hydrogen-bond acceptors (Lipinski definition) is 4. The molecule has 2 aromatic heterocycles. The van der Waals surface area contributed by atoms with Crippen molar-refractivity contribution in [3.05, 3.63) is 120 Å². The first-order chi connectivity index (χ1) is 28.2. The van der Waals surface area contributed by atoms with Crippen LogP contribution in [0.4, 0.5) is 0 Å². The van der Waals surface area contributed by atoms with E-state index in [1.807, 2.05) is 46.2 Å². The molecular weight excluding hydrogens is 777 g/mol. The maximum absolute atomic E-state index is 2.43. The molecule has 0 aliphatic heterocycles. The third kappa shape index (κ3) is 10.0. The van der Waals surface area contributed by atoms with Crippen molar-refractivity contribution in [2.45, 2.75) is 125 Å². The van der Waals surface area contributed by atoms with Gasteiger partial charge in [0, 0.05) is 39.8 Å². The van der Waals surface area contributed by atoms with Crippen LogP contribution in [-0.4, -0.2) is 0 Å². The SMILES string of the molecule is CC(C)CCCC(C)CCc1ccc(Sc2ccc3c(ccc4sc5c(sc6ccc7cc(Sc8ccc(CCC(C)CCCC(C)C)cc8)ccc7c65)c43)c2)cc1.